The van der Waals surface area contributed by atoms with Crippen LogP contribution in [0.4, 0.5) is 5.69 Å². The van der Waals surface area contributed by atoms with Crippen LogP contribution in [0.3, 0.4) is 0 Å². The Morgan fingerprint density at radius 1 is 0.900 bits per heavy atom. The van der Waals surface area contributed by atoms with Crippen molar-refractivity contribution in [1.82, 2.24) is 15.1 Å². The first kappa shape index (κ1) is 26.7. The molecule has 3 unspecified atom stereocenters. The maximum absolute atomic E-state index is 13.3. The lowest BCUT2D eigenvalue weighted by molar-refractivity contribution is -0.136. The second kappa shape index (κ2) is 11.1. The van der Waals surface area contributed by atoms with E-state index in [2.05, 4.69) is 39.8 Å². The molecule has 4 amide bonds. The molecule has 2 aromatic rings. The number of imide groups is 2. The molecule has 9 nitrogen and oxygen atoms in total. The molecule has 210 valence electrons. The summed E-state index contributed by atoms with van der Waals surface area (Å²) in [6.07, 6.45) is 7.90. The number of hydrogen-bond donors (Lipinski definition) is 2. The van der Waals surface area contributed by atoms with Crippen LogP contribution in [0.1, 0.15) is 83.2 Å². The Balaban J connectivity index is 1.10. The zero-order valence-corrected chi connectivity index (χ0v) is 22.9. The summed E-state index contributed by atoms with van der Waals surface area (Å²) in [5, 5.41) is 5.56. The molecule has 1 saturated carbocycles. The van der Waals surface area contributed by atoms with Gasteiger partial charge in [0.25, 0.3) is 11.8 Å². The number of ether oxygens (including phenoxy) is 1. The number of nitrogens with one attached hydrogen (secondary N) is 2. The van der Waals surface area contributed by atoms with Gasteiger partial charge >= 0.3 is 0 Å². The quantitative estimate of drug-likeness (QED) is 0.513. The Hall–Kier alpha value is -3.56. The average molecular weight is 545 g/mol. The van der Waals surface area contributed by atoms with E-state index in [0.717, 1.165) is 29.8 Å². The zero-order valence-electron chi connectivity index (χ0n) is 22.9. The number of rotatable bonds is 7. The third kappa shape index (κ3) is 5.04. The predicted octanol–water partition coefficient (Wildman–Crippen LogP) is 3.62. The number of carbonyl (C=O) groups excluding carboxylic acids is 4. The lowest BCUT2D eigenvalue weighted by Gasteiger charge is -2.49. The highest BCUT2D eigenvalue weighted by atomic mass is 16.5. The number of piperidine rings is 1. The summed E-state index contributed by atoms with van der Waals surface area (Å²) in [6.45, 7) is 1.43. The number of hydrogen-bond acceptors (Lipinski definition) is 7. The number of likely N-dealkylation sites (tertiary alicyclic amines) is 1. The van der Waals surface area contributed by atoms with Crippen LogP contribution in [0.5, 0.6) is 0 Å². The Labute approximate surface area is 234 Å². The van der Waals surface area contributed by atoms with Gasteiger partial charge < -0.3 is 10.1 Å². The van der Waals surface area contributed by atoms with Gasteiger partial charge in [-0.15, -0.1) is 0 Å². The van der Waals surface area contributed by atoms with Gasteiger partial charge in [-0.2, -0.15) is 0 Å². The number of benzene rings is 2. The van der Waals surface area contributed by atoms with Gasteiger partial charge in [0.1, 0.15) is 6.04 Å². The molecule has 6 rings (SSSR count). The average Bonchev–Trinajstić information content (AvgIpc) is 3.30. The number of fused-ring (bicyclic) bond motifs is 3. The normalized spacial score (nSPS) is 26.9. The first-order valence-corrected chi connectivity index (χ1v) is 14.4. The highest BCUT2D eigenvalue weighted by molar-refractivity contribution is 6.25. The fourth-order valence-corrected chi connectivity index (χ4v) is 6.74. The topological polar surface area (TPSA) is 108 Å². The van der Waals surface area contributed by atoms with E-state index in [1.54, 1.807) is 18.2 Å². The largest absolute Gasteiger partial charge is 0.381 e. The Morgan fingerprint density at radius 2 is 1.68 bits per heavy atom. The van der Waals surface area contributed by atoms with Crippen LogP contribution in [0, 0.1) is 0 Å². The molecule has 2 bridgehead atoms. The summed E-state index contributed by atoms with van der Waals surface area (Å²) in [6, 6.07) is 13.9. The molecule has 0 aromatic heterocycles. The number of anilines is 1. The number of nitrogens with zero attached hydrogens (tertiary/aromatic N) is 2. The number of methoxy groups -OCH3 is 1. The molecule has 0 spiro atoms. The fourth-order valence-electron chi connectivity index (χ4n) is 6.74. The summed E-state index contributed by atoms with van der Waals surface area (Å²) in [4.78, 5) is 54.0. The number of amides is 4. The summed E-state index contributed by atoms with van der Waals surface area (Å²) in [5.41, 5.74) is 3.45. The zero-order chi connectivity index (χ0) is 27.8. The molecule has 2 saturated heterocycles. The molecule has 2 N–H and O–H groups in total. The van der Waals surface area contributed by atoms with Crippen LogP contribution >= 0.6 is 0 Å². The monoisotopic (exact) mass is 544 g/mol. The molecule has 3 fully saturated rings. The van der Waals surface area contributed by atoms with Crippen LogP contribution in [0.2, 0.25) is 0 Å². The van der Waals surface area contributed by atoms with Crippen molar-refractivity contribution in [2.45, 2.75) is 88.7 Å². The Morgan fingerprint density at radius 3 is 2.45 bits per heavy atom. The van der Waals surface area contributed by atoms with E-state index in [0.29, 0.717) is 30.4 Å². The van der Waals surface area contributed by atoms with Crippen molar-refractivity contribution < 1.29 is 23.9 Å². The van der Waals surface area contributed by atoms with E-state index in [1.165, 1.54) is 31.2 Å². The molecule has 3 heterocycles. The first-order chi connectivity index (χ1) is 19.4. The Kier molecular flexibility index (Phi) is 7.42. The molecule has 9 heteroatoms. The second-order valence-electron chi connectivity index (χ2n) is 11.4. The van der Waals surface area contributed by atoms with E-state index < -0.39 is 23.8 Å². The summed E-state index contributed by atoms with van der Waals surface area (Å²) < 4.78 is 5.73. The van der Waals surface area contributed by atoms with Crippen LogP contribution in [-0.2, 0) is 27.4 Å². The van der Waals surface area contributed by atoms with Crippen LogP contribution < -0.4 is 10.6 Å². The van der Waals surface area contributed by atoms with E-state index in [-0.39, 0.29) is 29.9 Å². The molecule has 40 heavy (non-hydrogen) atoms. The second-order valence-corrected chi connectivity index (χ2v) is 11.4. The molecule has 0 radical (unpaired) electrons. The molecule has 1 aliphatic carbocycles. The van der Waals surface area contributed by atoms with E-state index in [1.807, 2.05) is 7.11 Å². The maximum Gasteiger partial charge on any atom is 0.264 e. The minimum Gasteiger partial charge on any atom is -0.381 e. The van der Waals surface area contributed by atoms with Crippen molar-refractivity contribution in [1.29, 1.82) is 0 Å². The van der Waals surface area contributed by atoms with Crippen LogP contribution in [0.25, 0.3) is 0 Å². The standard InChI is InChI=1S/C31H36N4O5/c1-40-23-6-3-2-5-21-15-22(16-23)34(21)18-20-11-9-19(10-12-20)17-32-25-8-4-7-24-28(25)31(39)35(30(24)38)26-13-14-27(36)33-29(26)37/h4,7-12,21-23,26,32H,2-3,5-6,13-18H2,1H3,(H,33,36,37)/t21?,22?,23-,26?/m1/s1. The third-order valence-corrected chi connectivity index (χ3v) is 9.00. The minimum atomic E-state index is -0.977. The predicted molar refractivity (Wildman–Crippen MR) is 149 cm³/mol. The van der Waals surface area contributed by atoms with E-state index >= 15 is 0 Å². The highest BCUT2D eigenvalue weighted by Gasteiger charge is 2.45. The van der Waals surface area contributed by atoms with Crippen LogP contribution in [0.15, 0.2) is 42.5 Å². The van der Waals surface area contributed by atoms with Gasteiger partial charge in [-0.1, -0.05) is 43.2 Å². The molecule has 3 aliphatic heterocycles. The van der Waals surface area contributed by atoms with Crippen molar-refractivity contribution in [3.8, 4) is 0 Å². The SMILES string of the molecule is CO[C@@H]1CCCCC2CC(C1)N2Cc1ccc(CNc2cccc3c2C(=O)N(C2CCC(=O)NC2=O)C3=O)cc1. The van der Waals surface area contributed by atoms with Crippen molar-refractivity contribution in [2.75, 3.05) is 12.4 Å². The Bertz CT molecular complexity index is 1330. The van der Waals surface area contributed by atoms with Crippen molar-refractivity contribution in [3.05, 3.63) is 64.7 Å². The van der Waals surface area contributed by atoms with Gasteiger partial charge in [0.2, 0.25) is 11.8 Å². The van der Waals surface area contributed by atoms with Gasteiger partial charge in [0.05, 0.1) is 17.2 Å². The molecule has 2 aromatic carbocycles. The maximum atomic E-state index is 13.3. The van der Waals surface area contributed by atoms with Crippen molar-refractivity contribution >= 4 is 29.3 Å². The summed E-state index contributed by atoms with van der Waals surface area (Å²) in [7, 11) is 1.84. The third-order valence-electron chi connectivity index (χ3n) is 9.00. The van der Waals surface area contributed by atoms with Crippen LogP contribution in [-0.4, -0.2) is 64.8 Å². The van der Waals surface area contributed by atoms with Gasteiger partial charge in [0, 0.05) is 44.4 Å². The number of carbonyl (C=O) groups is 4. The van der Waals surface area contributed by atoms with Gasteiger partial charge in [-0.25, -0.2) is 0 Å². The molecule has 4 atom stereocenters. The van der Waals surface area contributed by atoms with E-state index in [4.69, 9.17) is 4.74 Å². The van der Waals surface area contributed by atoms with Gasteiger partial charge in [-0.05, 0) is 55.4 Å². The van der Waals surface area contributed by atoms with E-state index in [9.17, 15) is 19.2 Å². The minimum absolute atomic E-state index is 0.0949. The lowest BCUT2D eigenvalue weighted by atomic mass is 9.86. The van der Waals surface area contributed by atoms with Crippen molar-refractivity contribution in [2.24, 2.45) is 0 Å². The van der Waals surface area contributed by atoms with Crippen molar-refractivity contribution in [3.63, 3.8) is 0 Å². The summed E-state index contributed by atoms with van der Waals surface area (Å²) in [5.74, 6) is -2.01. The first-order valence-electron chi connectivity index (χ1n) is 14.4. The molecular formula is C31H36N4O5. The summed E-state index contributed by atoms with van der Waals surface area (Å²) >= 11 is 0. The van der Waals surface area contributed by atoms with Gasteiger partial charge in [0.15, 0.2) is 0 Å². The highest BCUT2D eigenvalue weighted by Crippen LogP contribution is 2.37. The smallest absolute Gasteiger partial charge is 0.264 e. The lowest BCUT2D eigenvalue weighted by Crippen LogP contribution is -2.55. The van der Waals surface area contributed by atoms with Gasteiger partial charge in [-0.3, -0.25) is 34.3 Å². The fraction of sp³-hybridized carbons (Fsp3) is 0.484. The molecule has 4 aliphatic rings. The molecular weight excluding hydrogens is 508 g/mol.